The number of amides is 2. The molecule has 0 rings (SSSR count). The fourth-order valence-electron chi connectivity index (χ4n) is 1.67. The topological polar surface area (TPSA) is 84.5 Å². The maximum absolute atomic E-state index is 12.2. The molecule has 0 saturated heterocycles. The highest BCUT2D eigenvalue weighted by atomic mass is 16.6. The van der Waals surface area contributed by atoms with Gasteiger partial charge in [-0.2, -0.15) is 0 Å². The lowest BCUT2D eigenvalue weighted by molar-refractivity contribution is -0.161. The average molecular weight is 284 g/mol. The third-order valence-electron chi connectivity index (χ3n) is 2.43. The molecule has 0 spiro atoms. The monoisotopic (exact) mass is 284 g/mol. The van der Waals surface area contributed by atoms with Crippen LogP contribution in [0, 0.1) is 5.92 Å². The Labute approximate surface area is 119 Å². The van der Waals surface area contributed by atoms with Crippen LogP contribution in [0.5, 0.6) is 0 Å². The fourth-order valence-corrected chi connectivity index (χ4v) is 1.67. The summed E-state index contributed by atoms with van der Waals surface area (Å²) in [5.74, 6) is -2.15. The minimum Gasteiger partial charge on any atom is -0.458 e. The number of allylic oxidation sites excluding steroid dienone is 1. The van der Waals surface area contributed by atoms with Crippen molar-refractivity contribution in [2.45, 2.75) is 45.8 Å². The highest BCUT2D eigenvalue weighted by molar-refractivity contribution is 5.90. The average Bonchev–Trinajstić information content (AvgIpc) is 2.30. The van der Waals surface area contributed by atoms with Crippen molar-refractivity contribution in [2.24, 2.45) is 5.92 Å². The van der Waals surface area contributed by atoms with Crippen LogP contribution in [0.3, 0.4) is 0 Å². The van der Waals surface area contributed by atoms with Gasteiger partial charge < -0.3 is 15.4 Å². The summed E-state index contributed by atoms with van der Waals surface area (Å²) >= 11 is 0. The maximum atomic E-state index is 12.2. The molecule has 0 saturated carbocycles. The van der Waals surface area contributed by atoms with Crippen LogP contribution in [-0.2, 0) is 19.1 Å². The van der Waals surface area contributed by atoms with Gasteiger partial charge in [0.2, 0.25) is 11.8 Å². The van der Waals surface area contributed by atoms with Gasteiger partial charge in [0.1, 0.15) is 11.6 Å². The van der Waals surface area contributed by atoms with Gasteiger partial charge in [0, 0.05) is 14.0 Å². The highest BCUT2D eigenvalue weighted by Crippen LogP contribution is 2.16. The van der Waals surface area contributed by atoms with Crippen molar-refractivity contribution in [2.75, 3.05) is 7.05 Å². The minimum atomic E-state index is -1.04. The predicted molar refractivity (Wildman–Crippen MR) is 75.8 cm³/mol. The van der Waals surface area contributed by atoms with E-state index < -0.39 is 29.4 Å². The number of carbonyl (C=O) groups excluding carboxylic acids is 3. The Morgan fingerprint density at radius 3 is 2.20 bits per heavy atom. The number of nitrogens with one attached hydrogen (secondary N) is 2. The third-order valence-corrected chi connectivity index (χ3v) is 2.43. The Bertz CT molecular complexity index is 385. The van der Waals surface area contributed by atoms with Crippen molar-refractivity contribution < 1.29 is 19.1 Å². The van der Waals surface area contributed by atoms with E-state index >= 15 is 0 Å². The van der Waals surface area contributed by atoms with Gasteiger partial charge in [-0.3, -0.25) is 9.59 Å². The van der Waals surface area contributed by atoms with Crippen molar-refractivity contribution in [1.29, 1.82) is 0 Å². The molecule has 0 aromatic heterocycles. The van der Waals surface area contributed by atoms with E-state index in [1.807, 2.05) is 0 Å². The Morgan fingerprint density at radius 1 is 1.30 bits per heavy atom. The summed E-state index contributed by atoms with van der Waals surface area (Å²) in [6.07, 6.45) is 1.78. The van der Waals surface area contributed by atoms with E-state index in [9.17, 15) is 14.4 Å². The first-order chi connectivity index (χ1) is 9.12. The largest absolute Gasteiger partial charge is 0.458 e. The number of esters is 1. The molecular weight excluding hydrogens is 260 g/mol. The zero-order valence-corrected chi connectivity index (χ0v) is 12.8. The lowest BCUT2D eigenvalue weighted by Crippen LogP contribution is -2.52. The Morgan fingerprint density at radius 2 is 1.85 bits per heavy atom. The molecule has 0 aromatic rings. The second-order valence-electron chi connectivity index (χ2n) is 5.46. The number of carbonyl (C=O) groups is 3. The summed E-state index contributed by atoms with van der Waals surface area (Å²) in [6, 6.07) is -1.04. The lowest BCUT2D eigenvalue weighted by atomic mass is 9.94. The molecule has 0 unspecified atom stereocenters. The molecule has 0 aliphatic rings. The van der Waals surface area contributed by atoms with Crippen molar-refractivity contribution in [3.8, 4) is 0 Å². The summed E-state index contributed by atoms with van der Waals surface area (Å²) in [5.41, 5.74) is -0.699. The number of ether oxygens (including phenoxy) is 1. The number of hydrogen-bond acceptors (Lipinski definition) is 4. The molecule has 2 amide bonds. The number of rotatable bonds is 6. The molecule has 6 nitrogen and oxygen atoms in total. The standard InChI is InChI=1S/C14H24N2O4/c1-7-8-10(12(18)15-6)11(16-9(2)17)13(19)20-14(3,4)5/h7,10-11H,1,8H2,2-6H3,(H,15,18)(H,16,17)/t10-,11-/m0/s1. The summed E-state index contributed by atoms with van der Waals surface area (Å²) in [7, 11) is 1.47. The van der Waals surface area contributed by atoms with E-state index in [-0.39, 0.29) is 12.3 Å². The summed E-state index contributed by atoms with van der Waals surface area (Å²) < 4.78 is 5.25. The van der Waals surface area contributed by atoms with Crippen molar-refractivity contribution in [3.05, 3.63) is 12.7 Å². The van der Waals surface area contributed by atoms with Crippen LogP contribution in [0.1, 0.15) is 34.1 Å². The van der Waals surface area contributed by atoms with Crippen LogP contribution < -0.4 is 10.6 Å². The molecule has 2 atom stereocenters. The van der Waals surface area contributed by atoms with Crippen LogP contribution in [0.15, 0.2) is 12.7 Å². The SMILES string of the molecule is C=CC[C@H](C(=O)NC)[C@H](NC(C)=O)C(=O)OC(C)(C)C. The van der Waals surface area contributed by atoms with E-state index in [1.54, 1.807) is 20.8 Å². The van der Waals surface area contributed by atoms with E-state index in [2.05, 4.69) is 17.2 Å². The quantitative estimate of drug-likeness (QED) is 0.557. The van der Waals surface area contributed by atoms with Crippen LogP contribution in [-0.4, -0.2) is 36.5 Å². The van der Waals surface area contributed by atoms with Gasteiger partial charge in [-0.1, -0.05) is 6.08 Å². The maximum Gasteiger partial charge on any atom is 0.330 e. The fraction of sp³-hybridized carbons (Fsp3) is 0.643. The van der Waals surface area contributed by atoms with Crippen LogP contribution in [0.2, 0.25) is 0 Å². The molecule has 0 aliphatic carbocycles. The smallest absolute Gasteiger partial charge is 0.330 e. The van der Waals surface area contributed by atoms with Crippen molar-refractivity contribution in [1.82, 2.24) is 10.6 Å². The van der Waals surface area contributed by atoms with Gasteiger partial charge in [-0.25, -0.2) is 4.79 Å². The van der Waals surface area contributed by atoms with Gasteiger partial charge >= 0.3 is 5.97 Å². The first kappa shape index (κ1) is 18.1. The Balaban J connectivity index is 5.27. The Kier molecular flexibility index (Phi) is 6.96. The second-order valence-corrected chi connectivity index (χ2v) is 5.46. The second kappa shape index (κ2) is 7.67. The highest BCUT2D eigenvalue weighted by Gasteiger charge is 2.36. The van der Waals surface area contributed by atoms with Gasteiger partial charge in [-0.05, 0) is 27.2 Å². The van der Waals surface area contributed by atoms with Crippen LogP contribution >= 0.6 is 0 Å². The van der Waals surface area contributed by atoms with Gasteiger partial charge in [0.15, 0.2) is 0 Å². The van der Waals surface area contributed by atoms with E-state index in [4.69, 9.17) is 4.74 Å². The molecule has 0 bridgehead atoms. The molecule has 0 radical (unpaired) electrons. The third kappa shape index (κ3) is 6.36. The van der Waals surface area contributed by atoms with Crippen molar-refractivity contribution in [3.63, 3.8) is 0 Å². The molecule has 6 heteroatoms. The summed E-state index contributed by atoms with van der Waals surface area (Å²) in [4.78, 5) is 35.3. The number of hydrogen-bond donors (Lipinski definition) is 2. The molecule has 2 N–H and O–H groups in total. The first-order valence-corrected chi connectivity index (χ1v) is 6.44. The van der Waals surface area contributed by atoms with Crippen LogP contribution in [0.25, 0.3) is 0 Å². The van der Waals surface area contributed by atoms with E-state index in [0.29, 0.717) is 0 Å². The van der Waals surface area contributed by atoms with Crippen LogP contribution in [0.4, 0.5) is 0 Å². The predicted octanol–water partition coefficient (Wildman–Crippen LogP) is 0.771. The molecule has 0 fully saturated rings. The zero-order chi connectivity index (χ0) is 15.9. The lowest BCUT2D eigenvalue weighted by Gasteiger charge is -2.28. The summed E-state index contributed by atoms with van der Waals surface area (Å²) in [6.45, 7) is 10.0. The van der Waals surface area contributed by atoms with Crippen molar-refractivity contribution >= 4 is 17.8 Å². The van der Waals surface area contributed by atoms with Gasteiger partial charge in [-0.15, -0.1) is 6.58 Å². The molecular formula is C14H24N2O4. The Hall–Kier alpha value is -1.85. The van der Waals surface area contributed by atoms with Gasteiger partial charge in [0.25, 0.3) is 0 Å². The molecule has 0 aromatic carbocycles. The van der Waals surface area contributed by atoms with Gasteiger partial charge in [0.05, 0.1) is 5.92 Å². The molecule has 0 aliphatic heterocycles. The summed E-state index contributed by atoms with van der Waals surface area (Å²) in [5, 5.41) is 4.96. The normalized spacial score (nSPS) is 13.8. The van der Waals surface area contributed by atoms with E-state index in [0.717, 1.165) is 0 Å². The molecule has 0 heterocycles. The molecule has 114 valence electrons. The first-order valence-electron chi connectivity index (χ1n) is 6.44. The zero-order valence-electron chi connectivity index (χ0n) is 12.8. The van der Waals surface area contributed by atoms with E-state index in [1.165, 1.54) is 20.0 Å². The molecule has 20 heavy (non-hydrogen) atoms. The minimum absolute atomic E-state index is 0.254.